The fourth-order valence-electron chi connectivity index (χ4n) is 2.47. The minimum atomic E-state index is -0.756. The van der Waals surface area contributed by atoms with Crippen LogP contribution in [0.3, 0.4) is 0 Å². The Bertz CT molecular complexity index is 521. The van der Waals surface area contributed by atoms with Gasteiger partial charge in [0, 0.05) is 12.5 Å². The van der Waals surface area contributed by atoms with Gasteiger partial charge >= 0.3 is 11.8 Å². The second-order valence-electron chi connectivity index (χ2n) is 5.26. The maximum absolute atomic E-state index is 11.8. The Morgan fingerprint density at radius 1 is 1.19 bits per heavy atom. The largest absolute Gasteiger partial charge is 0.393 e. The van der Waals surface area contributed by atoms with Gasteiger partial charge in [-0.05, 0) is 25.0 Å². The first-order valence-electron chi connectivity index (χ1n) is 7.09. The minimum absolute atomic E-state index is 0.0239. The van der Waals surface area contributed by atoms with Gasteiger partial charge in [-0.1, -0.05) is 36.6 Å². The van der Waals surface area contributed by atoms with E-state index in [4.69, 9.17) is 11.6 Å². The van der Waals surface area contributed by atoms with Gasteiger partial charge in [0.25, 0.3) is 0 Å². The maximum Gasteiger partial charge on any atom is 0.313 e. The second kappa shape index (κ2) is 7.43. The SMILES string of the molecule is O=C(NC[C@@H]1CCCC[C@@H]1O)C(=O)Nc1ccccc1Cl. The molecule has 21 heavy (non-hydrogen) atoms. The lowest BCUT2D eigenvalue weighted by Gasteiger charge is -2.27. The predicted octanol–water partition coefficient (Wildman–Crippen LogP) is 1.95. The van der Waals surface area contributed by atoms with Crippen molar-refractivity contribution in [2.24, 2.45) is 5.92 Å². The molecule has 2 amide bonds. The smallest absolute Gasteiger partial charge is 0.313 e. The van der Waals surface area contributed by atoms with Crippen molar-refractivity contribution >= 4 is 29.1 Å². The number of anilines is 1. The van der Waals surface area contributed by atoms with Crippen molar-refractivity contribution in [1.29, 1.82) is 0 Å². The Labute approximate surface area is 128 Å². The molecule has 1 saturated carbocycles. The van der Waals surface area contributed by atoms with Crippen LogP contribution in [0, 0.1) is 5.92 Å². The topological polar surface area (TPSA) is 78.4 Å². The van der Waals surface area contributed by atoms with Gasteiger partial charge < -0.3 is 15.7 Å². The highest BCUT2D eigenvalue weighted by atomic mass is 35.5. The summed E-state index contributed by atoms with van der Waals surface area (Å²) in [5, 5.41) is 15.2. The molecule has 3 N–H and O–H groups in total. The van der Waals surface area contributed by atoms with Crippen LogP contribution in [0.25, 0.3) is 0 Å². The lowest BCUT2D eigenvalue weighted by atomic mass is 9.86. The number of nitrogens with one attached hydrogen (secondary N) is 2. The van der Waals surface area contributed by atoms with Crippen LogP contribution in [-0.2, 0) is 9.59 Å². The highest BCUT2D eigenvalue weighted by Gasteiger charge is 2.24. The summed E-state index contributed by atoms with van der Waals surface area (Å²) < 4.78 is 0. The van der Waals surface area contributed by atoms with Gasteiger partial charge in [-0.15, -0.1) is 0 Å². The van der Waals surface area contributed by atoms with Crippen LogP contribution in [0.4, 0.5) is 5.69 Å². The van der Waals surface area contributed by atoms with Gasteiger partial charge in [0.2, 0.25) is 0 Å². The molecule has 114 valence electrons. The Hall–Kier alpha value is -1.59. The van der Waals surface area contributed by atoms with E-state index in [-0.39, 0.29) is 5.92 Å². The van der Waals surface area contributed by atoms with Gasteiger partial charge in [0.15, 0.2) is 0 Å². The first-order chi connectivity index (χ1) is 10.1. The van der Waals surface area contributed by atoms with Crippen molar-refractivity contribution in [2.45, 2.75) is 31.8 Å². The van der Waals surface area contributed by atoms with Crippen LogP contribution in [0.5, 0.6) is 0 Å². The second-order valence-corrected chi connectivity index (χ2v) is 5.66. The molecular formula is C15H19ClN2O3. The number of para-hydroxylation sites is 1. The molecule has 1 fully saturated rings. The van der Waals surface area contributed by atoms with Crippen LogP contribution in [0.2, 0.25) is 5.02 Å². The fourth-order valence-corrected chi connectivity index (χ4v) is 2.65. The monoisotopic (exact) mass is 310 g/mol. The van der Waals surface area contributed by atoms with Gasteiger partial charge in [-0.2, -0.15) is 0 Å². The van der Waals surface area contributed by atoms with Crippen LogP contribution < -0.4 is 10.6 Å². The van der Waals surface area contributed by atoms with Crippen LogP contribution in [0.1, 0.15) is 25.7 Å². The zero-order valence-electron chi connectivity index (χ0n) is 11.6. The summed E-state index contributed by atoms with van der Waals surface area (Å²) in [7, 11) is 0. The molecule has 1 aliphatic rings. The summed E-state index contributed by atoms with van der Waals surface area (Å²) in [4.78, 5) is 23.5. The van der Waals surface area contributed by atoms with E-state index in [1.807, 2.05) is 0 Å². The molecule has 1 aromatic carbocycles. The summed E-state index contributed by atoms with van der Waals surface area (Å²) in [6, 6.07) is 6.71. The Morgan fingerprint density at radius 2 is 1.90 bits per heavy atom. The predicted molar refractivity (Wildman–Crippen MR) is 81.1 cm³/mol. The summed E-state index contributed by atoms with van der Waals surface area (Å²) in [5.41, 5.74) is 0.400. The van der Waals surface area contributed by atoms with E-state index in [9.17, 15) is 14.7 Å². The third kappa shape index (κ3) is 4.44. The molecule has 0 aromatic heterocycles. The molecule has 0 heterocycles. The fraction of sp³-hybridized carbons (Fsp3) is 0.467. The number of aliphatic hydroxyl groups excluding tert-OH is 1. The van der Waals surface area contributed by atoms with Crippen molar-refractivity contribution in [2.75, 3.05) is 11.9 Å². The minimum Gasteiger partial charge on any atom is -0.393 e. The number of carbonyl (C=O) groups is 2. The molecule has 6 heteroatoms. The Balaban J connectivity index is 1.83. The van der Waals surface area contributed by atoms with E-state index >= 15 is 0 Å². The molecule has 1 aliphatic carbocycles. The zero-order valence-corrected chi connectivity index (χ0v) is 12.4. The first kappa shape index (κ1) is 15.8. The molecule has 1 aromatic rings. The number of carbonyl (C=O) groups excluding carboxylic acids is 2. The van der Waals surface area contributed by atoms with E-state index in [0.717, 1.165) is 25.7 Å². The average molecular weight is 311 g/mol. The number of rotatable bonds is 3. The molecular weight excluding hydrogens is 292 g/mol. The van der Waals surface area contributed by atoms with E-state index in [0.29, 0.717) is 17.3 Å². The summed E-state index contributed by atoms with van der Waals surface area (Å²) >= 11 is 5.91. The maximum atomic E-state index is 11.8. The molecule has 2 rings (SSSR count). The summed E-state index contributed by atoms with van der Waals surface area (Å²) in [6.45, 7) is 0.315. The van der Waals surface area contributed by atoms with E-state index in [1.165, 1.54) is 0 Å². The third-order valence-corrected chi connectivity index (χ3v) is 4.05. The van der Waals surface area contributed by atoms with Gasteiger partial charge in [0.1, 0.15) is 0 Å². The highest BCUT2D eigenvalue weighted by Crippen LogP contribution is 2.23. The van der Waals surface area contributed by atoms with Gasteiger partial charge in [-0.3, -0.25) is 9.59 Å². The van der Waals surface area contributed by atoms with Crippen molar-refractivity contribution in [3.05, 3.63) is 29.3 Å². The Kier molecular flexibility index (Phi) is 5.59. The number of hydrogen-bond acceptors (Lipinski definition) is 3. The quantitative estimate of drug-likeness (QED) is 0.747. The van der Waals surface area contributed by atoms with E-state index in [1.54, 1.807) is 24.3 Å². The standard InChI is InChI=1S/C15H19ClN2O3/c16-11-6-2-3-7-12(11)18-15(21)14(20)17-9-10-5-1-4-8-13(10)19/h2-3,6-7,10,13,19H,1,4-5,8-9H2,(H,17,20)(H,18,21)/t10-,13-/m0/s1. The number of amides is 2. The van der Waals surface area contributed by atoms with Crippen molar-refractivity contribution < 1.29 is 14.7 Å². The van der Waals surface area contributed by atoms with Gasteiger partial charge in [0.05, 0.1) is 16.8 Å². The number of halogens is 1. The van der Waals surface area contributed by atoms with Crippen LogP contribution in [0.15, 0.2) is 24.3 Å². The molecule has 0 unspecified atom stereocenters. The molecule has 5 nitrogen and oxygen atoms in total. The lowest BCUT2D eigenvalue weighted by molar-refractivity contribution is -0.136. The molecule has 2 atom stereocenters. The van der Waals surface area contributed by atoms with Crippen molar-refractivity contribution in [1.82, 2.24) is 5.32 Å². The third-order valence-electron chi connectivity index (χ3n) is 3.72. The van der Waals surface area contributed by atoms with Crippen molar-refractivity contribution in [3.63, 3.8) is 0 Å². The van der Waals surface area contributed by atoms with Crippen LogP contribution in [-0.4, -0.2) is 29.6 Å². The molecule has 0 spiro atoms. The normalized spacial score (nSPS) is 21.6. The average Bonchev–Trinajstić information content (AvgIpc) is 2.48. The number of benzene rings is 1. The summed E-state index contributed by atoms with van der Waals surface area (Å²) in [6.07, 6.45) is 3.28. The van der Waals surface area contributed by atoms with E-state index in [2.05, 4.69) is 10.6 Å². The zero-order chi connectivity index (χ0) is 15.2. The highest BCUT2D eigenvalue weighted by molar-refractivity contribution is 6.41. The first-order valence-corrected chi connectivity index (χ1v) is 7.47. The van der Waals surface area contributed by atoms with Crippen molar-refractivity contribution in [3.8, 4) is 0 Å². The molecule has 0 saturated heterocycles. The summed E-state index contributed by atoms with van der Waals surface area (Å²) in [5.74, 6) is -1.45. The van der Waals surface area contributed by atoms with Crippen LogP contribution >= 0.6 is 11.6 Å². The molecule has 0 bridgehead atoms. The van der Waals surface area contributed by atoms with E-state index < -0.39 is 17.9 Å². The lowest BCUT2D eigenvalue weighted by Crippen LogP contribution is -2.41. The number of hydrogen-bond donors (Lipinski definition) is 3. The Morgan fingerprint density at radius 3 is 2.62 bits per heavy atom. The number of aliphatic hydroxyl groups is 1. The molecule has 0 radical (unpaired) electrons. The van der Waals surface area contributed by atoms with Gasteiger partial charge in [-0.25, -0.2) is 0 Å². The molecule has 0 aliphatic heterocycles.